The molecule has 0 unspecified atom stereocenters. The highest BCUT2D eigenvalue weighted by Gasteiger charge is 2.03. The van der Waals surface area contributed by atoms with Gasteiger partial charge in [0.2, 0.25) is 0 Å². The fraction of sp³-hybridized carbons (Fsp3) is 0.0769. The topological polar surface area (TPSA) is 45.9 Å². The summed E-state index contributed by atoms with van der Waals surface area (Å²) in [6.07, 6.45) is 5.13. The third kappa shape index (κ3) is 2.77. The normalized spacial score (nSPS) is 9.65. The smallest absolute Gasteiger partial charge is 0.163 e. The zero-order valence-electron chi connectivity index (χ0n) is 9.25. The average molecular weight is 242 g/mol. The minimum Gasteiger partial charge on any atom is -0.454 e. The van der Waals surface area contributed by atoms with Crippen LogP contribution in [0.15, 0.2) is 47.6 Å². The van der Waals surface area contributed by atoms with Crippen molar-refractivity contribution in [3.63, 3.8) is 0 Å². The van der Waals surface area contributed by atoms with E-state index >= 15 is 0 Å². The van der Waals surface area contributed by atoms with Crippen LogP contribution in [0.3, 0.4) is 0 Å². The second-order valence-electron chi connectivity index (χ2n) is 3.26. The number of benzene rings is 1. The van der Waals surface area contributed by atoms with Gasteiger partial charge in [0, 0.05) is 11.1 Å². The van der Waals surface area contributed by atoms with Crippen LogP contribution in [-0.2, 0) is 0 Å². The van der Waals surface area contributed by atoms with Crippen molar-refractivity contribution in [2.45, 2.75) is 4.90 Å². The molecule has 0 aliphatic carbocycles. The molecule has 84 valence electrons. The summed E-state index contributed by atoms with van der Waals surface area (Å²) in [5, 5.41) is 8.92. The Hall–Kier alpha value is -1.99. The molecule has 4 heteroatoms. The Labute approximate surface area is 104 Å². The molecule has 0 fully saturated rings. The van der Waals surface area contributed by atoms with Gasteiger partial charge in [-0.15, -0.1) is 11.8 Å². The lowest BCUT2D eigenvalue weighted by atomic mass is 10.3. The molecular weight excluding hydrogens is 232 g/mol. The Morgan fingerprint density at radius 3 is 2.65 bits per heavy atom. The lowest BCUT2D eigenvalue weighted by Crippen LogP contribution is -1.89. The Morgan fingerprint density at radius 2 is 2.00 bits per heavy atom. The third-order valence-electron chi connectivity index (χ3n) is 2.19. The van der Waals surface area contributed by atoms with Gasteiger partial charge in [-0.1, -0.05) is 0 Å². The largest absolute Gasteiger partial charge is 0.454 e. The van der Waals surface area contributed by atoms with Crippen LogP contribution >= 0.6 is 11.8 Å². The van der Waals surface area contributed by atoms with Gasteiger partial charge in [-0.05, 0) is 36.6 Å². The average Bonchev–Trinajstić information content (AvgIpc) is 2.40. The summed E-state index contributed by atoms with van der Waals surface area (Å²) in [6.45, 7) is 0. The Morgan fingerprint density at radius 1 is 1.24 bits per heavy atom. The van der Waals surface area contributed by atoms with E-state index in [1.807, 2.05) is 30.5 Å². The quantitative estimate of drug-likeness (QED) is 0.773. The molecular formula is C13H10N2OS. The molecule has 0 amide bonds. The second kappa shape index (κ2) is 5.37. The molecule has 2 aromatic rings. The first kappa shape index (κ1) is 11.5. The third-order valence-corrected chi connectivity index (χ3v) is 2.94. The standard InChI is InChI=1S/C13H10N2OS/c1-17-12-4-2-11(3-5-12)16-13-9-15-7-6-10(13)8-14/h2-7,9H,1H3. The number of nitriles is 1. The summed E-state index contributed by atoms with van der Waals surface area (Å²) in [4.78, 5) is 5.11. The first-order valence-corrected chi connectivity index (χ1v) is 6.22. The van der Waals surface area contributed by atoms with Crippen LogP contribution in [0.5, 0.6) is 11.5 Å². The number of hydrogen-bond donors (Lipinski definition) is 0. The maximum Gasteiger partial charge on any atom is 0.163 e. The van der Waals surface area contributed by atoms with E-state index in [2.05, 4.69) is 11.1 Å². The van der Waals surface area contributed by atoms with Crippen molar-refractivity contribution in [2.24, 2.45) is 0 Å². The van der Waals surface area contributed by atoms with Crippen molar-refractivity contribution in [1.29, 1.82) is 5.26 Å². The van der Waals surface area contributed by atoms with E-state index in [1.165, 1.54) is 4.90 Å². The molecule has 0 atom stereocenters. The molecule has 1 aromatic carbocycles. The van der Waals surface area contributed by atoms with Gasteiger partial charge in [-0.2, -0.15) is 5.26 Å². The zero-order valence-corrected chi connectivity index (χ0v) is 10.1. The van der Waals surface area contributed by atoms with Crippen molar-refractivity contribution in [3.05, 3.63) is 48.3 Å². The number of rotatable bonds is 3. The molecule has 0 aliphatic heterocycles. The van der Waals surface area contributed by atoms with Gasteiger partial charge in [0.25, 0.3) is 0 Å². The summed E-state index contributed by atoms with van der Waals surface area (Å²) in [5.41, 5.74) is 0.481. The van der Waals surface area contributed by atoms with Gasteiger partial charge in [0.1, 0.15) is 11.8 Å². The van der Waals surface area contributed by atoms with Crippen molar-refractivity contribution in [1.82, 2.24) is 4.98 Å². The number of pyridine rings is 1. The Kier molecular flexibility index (Phi) is 3.63. The van der Waals surface area contributed by atoms with E-state index in [1.54, 1.807) is 30.2 Å². The van der Waals surface area contributed by atoms with Crippen LogP contribution in [0, 0.1) is 11.3 Å². The molecule has 0 saturated heterocycles. The summed E-state index contributed by atoms with van der Waals surface area (Å²) in [5.74, 6) is 1.18. The van der Waals surface area contributed by atoms with E-state index in [0.717, 1.165) is 0 Å². The minimum absolute atomic E-state index is 0.479. The number of thioether (sulfide) groups is 1. The van der Waals surface area contributed by atoms with Crippen LogP contribution in [-0.4, -0.2) is 11.2 Å². The molecule has 17 heavy (non-hydrogen) atoms. The molecule has 3 nitrogen and oxygen atoms in total. The van der Waals surface area contributed by atoms with Gasteiger partial charge in [0.15, 0.2) is 5.75 Å². The number of ether oxygens (including phenoxy) is 1. The van der Waals surface area contributed by atoms with E-state index in [4.69, 9.17) is 10.00 Å². The van der Waals surface area contributed by atoms with Crippen LogP contribution in [0.25, 0.3) is 0 Å². The molecule has 1 heterocycles. The summed E-state index contributed by atoms with van der Waals surface area (Å²) >= 11 is 1.67. The highest BCUT2D eigenvalue weighted by molar-refractivity contribution is 7.98. The highest BCUT2D eigenvalue weighted by atomic mass is 32.2. The SMILES string of the molecule is CSc1ccc(Oc2cnccc2C#N)cc1. The van der Waals surface area contributed by atoms with Crippen molar-refractivity contribution >= 4 is 11.8 Å². The fourth-order valence-corrected chi connectivity index (χ4v) is 1.73. The number of aromatic nitrogens is 1. The van der Waals surface area contributed by atoms with Crippen LogP contribution in [0.1, 0.15) is 5.56 Å². The van der Waals surface area contributed by atoms with Gasteiger partial charge in [-0.3, -0.25) is 4.98 Å². The van der Waals surface area contributed by atoms with Crippen LogP contribution < -0.4 is 4.74 Å². The highest BCUT2D eigenvalue weighted by Crippen LogP contribution is 2.25. The number of hydrogen-bond acceptors (Lipinski definition) is 4. The van der Waals surface area contributed by atoms with E-state index in [-0.39, 0.29) is 0 Å². The lowest BCUT2D eigenvalue weighted by Gasteiger charge is -2.06. The van der Waals surface area contributed by atoms with E-state index < -0.39 is 0 Å². The first-order chi connectivity index (χ1) is 8.33. The van der Waals surface area contributed by atoms with Crippen molar-refractivity contribution in [3.8, 4) is 17.6 Å². The molecule has 0 N–H and O–H groups in total. The number of nitrogens with zero attached hydrogens (tertiary/aromatic N) is 2. The fourth-order valence-electron chi connectivity index (χ4n) is 1.32. The molecule has 0 bridgehead atoms. The molecule has 0 saturated carbocycles. The van der Waals surface area contributed by atoms with Gasteiger partial charge < -0.3 is 4.74 Å². The molecule has 0 radical (unpaired) electrons. The summed E-state index contributed by atoms with van der Waals surface area (Å²) in [7, 11) is 0. The van der Waals surface area contributed by atoms with Crippen LogP contribution in [0.2, 0.25) is 0 Å². The predicted molar refractivity (Wildman–Crippen MR) is 67.2 cm³/mol. The maximum absolute atomic E-state index is 8.92. The van der Waals surface area contributed by atoms with Crippen LogP contribution in [0.4, 0.5) is 0 Å². The monoisotopic (exact) mass is 242 g/mol. The van der Waals surface area contributed by atoms with E-state index in [9.17, 15) is 0 Å². The van der Waals surface area contributed by atoms with Crippen molar-refractivity contribution in [2.75, 3.05) is 6.26 Å². The Bertz CT molecular complexity index is 546. The predicted octanol–water partition coefficient (Wildman–Crippen LogP) is 3.47. The lowest BCUT2D eigenvalue weighted by molar-refractivity contribution is 0.478. The van der Waals surface area contributed by atoms with E-state index in [0.29, 0.717) is 17.1 Å². The molecule has 0 spiro atoms. The van der Waals surface area contributed by atoms with Gasteiger partial charge in [-0.25, -0.2) is 0 Å². The second-order valence-corrected chi connectivity index (χ2v) is 4.14. The molecule has 2 rings (SSSR count). The summed E-state index contributed by atoms with van der Waals surface area (Å²) < 4.78 is 5.61. The molecule has 1 aromatic heterocycles. The maximum atomic E-state index is 8.92. The van der Waals surface area contributed by atoms with Crippen molar-refractivity contribution < 1.29 is 4.74 Å². The Balaban J connectivity index is 2.23. The van der Waals surface area contributed by atoms with Gasteiger partial charge in [0.05, 0.1) is 11.8 Å². The summed E-state index contributed by atoms with van der Waals surface area (Å²) in [6, 6.07) is 11.4. The zero-order chi connectivity index (χ0) is 12.1. The molecule has 0 aliphatic rings. The van der Waals surface area contributed by atoms with Gasteiger partial charge >= 0.3 is 0 Å². The minimum atomic E-state index is 0.479. The first-order valence-electron chi connectivity index (χ1n) is 4.99.